The Morgan fingerprint density at radius 3 is 2.44 bits per heavy atom. The van der Waals surface area contributed by atoms with Crippen LogP contribution in [0.4, 0.5) is 0 Å². The monoisotopic (exact) mass is 373 g/mol. The highest BCUT2D eigenvalue weighted by Gasteiger charge is 2.11. The Hall–Kier alpha value is -2.73. The Kier molecular flexibility index (Phi) is 7.95. The fourth-order valence-electron chi connectivity index (χ4n) is 2.64. The lowest BCUT2D eigenvalue weighted by atomic mass is 10.1. The van der Waals surface area contributed by atoms with Crippen LogP contribution in [-0.4, -0.2) is 38.4 Å². The van der Waals surface area contributed by atoms with E-state index < -0.39 is 6.10 Å². The summed E-state index contributed by atoms with van der Waals surface area (Å²) in [6.07, 6.45) is 0.144. The molecule has 1 amide bonds. The number of hydrogen-bond donors (Lipinski definition) is 2. The Morgan fingerprint density at radius 1 is 1.07 bits per heavy atom. The van der Waals surface area contributed by atoms with Crippen molar-refractivity contribution in [1.29, 1.82) is 0 Å². The molecule has 0 aliphatic rings. The van der Waals surface area contributed by atoms with Crippen LogP contribution in [0, 0.1) is 0 Å². The van der Waals surface area contributed by atoms with Gasteiger partial charge in [-0.05, 0) is 48.7 Å². The van der Waals surface area contributed by atoms with Crippen molar-refractivity contribution in [3.05, 3.63) is 53.6 Å². The van der Waals surface area contributed by atoms with E-state index in [4.69, 9.17) is 14.2 Å². The van der Waals surface area contributed by atoms with Crippen LogP contribution in [0.3, 0.4) is 0 Å². The lowest BCUT2D eigenvalue weighted by Crippen LogP contribution is -2.28. The van der Waals surface area contributed by atoms with Gasteiger partial charge < -0.3 is 24.6 Å². The summed E-state index contributed by atoms with van der Waals surface area (Å²) in [7, 11) is 3.18. The SMILES string of the molecule is CCOc1ccc(CCC(=O)NCC(O)c2ccc(OC)cc2)cc1OC. The predicted molar refractivity (Wildman–Crippen MR) is 103 cm³/mol. The Bertz CT molecular complexity index is 730. The molecule has 6 heteroatoms. The van der Waals surface area contributed by atoms with E-state index in [1.165, 1.54) is 0 Å². The van der Waals surface area contributed by atoms with Crippen molar-refractivity contribution in [2.24, 2.45) is 0 Å². The molecule has 0 aromatic heterocycles. The standard InChI is InChI=1S/C21H27NO5/c1-4-27-19-11-5-15(13-20(19)26-3)6-12-21(24)22-14-18(23)16-7-9-17(25-2)10-8-16/h5,7-11,13,18,23H,4,6,12,14H2,1-3H3,(H,22,24). The summed E-state index contributed by atoms with van der Waals surface area (Å²) in [4.78, 5) is 12.1. The molecule has 0 radical (unpaired) electrons. The number of methoxy groups -OCH3 is 2. The third-order valence-corrected chi connectivity index (χ3v) is 4.16. The number of ether oxygens (including phenoxy) is 3. The number of carbonyl (C=O) groups is 1. The van der Waals surface area contributed by atoms with Crippen LogP contribution < -0.4 is 19.5 Å². The number of nitrogens with one attached hydrogen (secondary N) is 1. The first kappa shape index (κ1) is 20.6. The molecule has 0 spiro atoms. The lowest BCUT2D eigenvalue weighted by Gasteiger charge is -2.13. The maximum atomic E-state index is 12.1. The van der Waals surface area contributed by atoms with Gasteiger partial charge in [0.25, 0.3) is 0 Å². The van der Waals surface area contributed by atoms with E-state index >= 15 is 0 Å². The average Bonchev–Trinajstić information content (AvgIpc) is 2.71. The molecule has 0 fully saturated rings. The zero-order valence-corrected chi connectivity index (χ0v) is 16.0. The van der Waals surface area contributed by atoms with Crippen LogP contribution in [0.25, 0.3) is 0 Å². The molecule has 6 nitrogen and oxygen atoms in total. The zero-order chi connectivity index (χ0) is 19.6. The van der Waals surface area contributed by atoms with Crippen LogP contribution in [0.15, 0.2) is 42.5 Å². The van der Waals surface area contributed by atoms with Gasteiger partial charge in [-0.25, -0.2) is 0 Å². The van der Waals surface area contributed by atoms with Gasteiger partial charge in [-0.15, -0.1) is 0 Å². The number of carbonyl (C=O) groups excluding carboxylic acids is 1. The maximum absolute atomic E-state index is 12.1. The minimum atomic E-state index is -0.759. The summed E-state index contributed by atoms with van der Waals surface area (Å²) in [5.74, 6) is 1.96. The molecular formula is C21H27NO5. The molecule has 0 aliphatic carbocycles. The smallest absolute Gasteiger partial charge is 0.220 e. The number of amides is 1. The first-order valence-corrected chi connectivity index (χ1v) is 8.95. The van der Waals surface area contributed by atoms with Gasteiger partial charge in [-0.2, -0.15) is 0 Å². The van der Waals surface area contributed by atoms with Crippen LogP contribution in [-0.2, 0) is 11.2 Å². The number of aliphatic hydroxyl groups is 1. The van der Waals surface area contributed by atoms with Crippen molar-refractivity contribution >= 4 is 5.91 Å². The largest absolute Gasteiger partial charge is 0.497 e. The molecule has 2 N–H and O–H groups in total. The van der Waals surface area contributed by atoms with E-state index in [1.54, 1.807) is 38.5 Å². The number of rotatable bonds is 10. The molecule has 2 aromatic rings. The van der Waals surface area contributed by atoms with Crippen molar-refractivity contribution in [3.8, 4) is 17.2 Å². The highest BCUT2D eigenvalue weighted by Crippen LogP contribution is 2.28. The Morgan fingerprint density at radius 2 is 1.81 bits per heavy atom. The molecule has 146 valence electrons. The van der Waals surface area contributed by atoms with Gasteiger partial charge in [-0.3, -0.25) is 4.79 Å². The van der Waals surface area contributed by atoms with E-state index in [2.05, 4.69) is 5.32 Å². The van der Waals surface area contributed by atoms with Gasteiger partial charge in [0.15, 0.2) is 11.5 Å². The van der Waals surface area contributed by atoms with Gasteiger partial charge in [-0.1, -0.05) is 18.2 Å². The highest BCUT2D eigenvalue weighted by atomic mass is 16.5. The van der Waals surface area contributed by atoms with Crippen molar-refractivity contribution < 1.29 is 24.1 Å². The molecule has 0 saturated carbocycles. The van der Waals surface area contributed by atoms with Gasteiger partial charge in [0.05, 0.1) is 26.9 Å². The van der Waals surface area contributed by atoms with Gasteiger partial charge in [0.1, 0.15) is 5.75 Å². The van der Waals surface area contributed by atoms with E-state index in [-0.39, 0.29) is 12.5 Å². The minimum Gasteiger partial charge on any atom is -0.497 e. The van der Waals surface area contributed by atoms with Crippen molar-refractivity contribution in [3.63, 3.8) is 0 Å². The normalized spacial score (nSPS) is 11.6. The zero-order valence-electron chi connectivity index (χ0n) is 16.0. The predicted octanol–water partition coefficient (Wildman–Crippen LogP) is 2.88. The minimum absolute atomic E-state index is 0.115. The van der Waals surface area contributed by atoms with Crippen molar-refractivity contribution in [2.75, 3.05) is 27.4 Å². The van der Waals surface area contributed by atoms with Crippen molar-refractivity contribution in [1.82, 2.24) is 5.32 Å². The lowest BCUT2D eigenvalue weighted by molar-refractivity contribution is -0.121. The first-order valence-electron chi connectivity index (χ1n) is 8.95. The summed E-state index contributed by atoms with van der Waals surface area (Å²) in [6, 6.07) is 12.8. The quantitative estimate of drug-likeness (QED) is 0.670. The topological polar surface area (TPSA) is 77.0 Å². The molecule has 1 atom stereocenters. The number of hydrogen-bond acceptors (Lipinski definition) is 5. The van der Waals surface area contributed by atoms with E-state index in [9.17, 15) is 9.90 Å². The summed E-state index contributed by atoms with van der Waals surface area (Å²) in [5.41, 5.74) is 1.72. The molecule has 0 heterocycles. The Labute approximate surface area is 160 Å². The summed E-state index contributed by atoms with van der Waals surface area (Å²) < 4.78 is 15.9. The first-order chi connectivity index (χ1) is 13.1. The summed E-state index contributed by atoms with van der Waals surface area (Å²) >= 11 is 0. The number of benzene rings is 2. The maximum Gasteiger partial charge on any atom is 0.220 e. The third-order valence-electron chi connectivity index (χ3n) is 4.16. The second kappa shape index (κ2) is 10.4. The second-order valence-corrected chi connectivity index (χ2v) is 6.01. The number of aryl methyl sites for hydroxylation is 1. The van der Waals surface area contributed by atoms with Crippen LogP contribution in [0.2, 0.25) is 0 Å². The van der Waals surface area contributed by atoms with E-state index in [0.717, 1.165) is 16.9 Å². The second-order valence-electron chi connectivity index (χ2n) is 6.01. The molecule has 1 unspecified atom stereocenters. The average molecular weight is 373 g/mol. The fourth-order valence-corrected chi connectivity index (χ4v) is 2.64. The Balaban J connectivity index is 1.81. The van der Waals surface area contributed by atoms with E-state index in [1.807, 2.05) is 25.1 Å². The third kappa shape index (κ3) is 6.18. The molecule has 0 bridgehead atoms. The van der Waals surface area contributed by atoms with Crippen LogP contribution in [0.1, 0.15) is 30.6 Å². The molecule has 0 saturated heterocycles. The van der Waals surface area contributed by atoms with E-state index in [0.29, 0.717) is 30.9 Å². The van der Waals surface area contributed by atoms with Gasteiger partial charge in [0.2, 0.25) is 5.91 Å². The molecule has 2 rings (SSSR count). The number of aliphatic hydroxyl groups excluding tert-OH is 1. The summed E-state index contributed by atoms with van der Waals surface area (Å²) in [6.45, 7) is 2.64. The molecule has 0 aliphatic heterocycles. The molecule has 2 aromatic carbocycles. The van der Waals surface area contributed by atoms with Crippen molar-refractivity contribution in [2.45, 2.75) is 25.9 Å². The van der Waals surface area contributed by atoms with Crippen LogP contribution in [0.5, 0.6) is 17.2 Å². The van der Waals surface area contributed by atoms with Gasteiger partial charge >= 0.3 is 0 Å². The van der Waals surface area contributed by atoms with Crippen LogP contribution >= 0.6 is 0 Å². The molecule has 27 heavy (non-hydrogen) atoms. The summed E-state index contributed by atoms with van der Waals surface area (Å²) in [5, 5.41) is 12.9. The highest BCUT2D eigenvalue weighted by molar-refractivity contribution is 5.76. The van der Waals surface area contributed by atoms with Gasteiger partial charge in [0, 0.05) is 13.0 Å². The fraction of sp³-hybridized carbons (Fsp3) is 0.381. The molecular weight excluding hydrogens is 346 g/mol.